The molecule has 0 amide bonds. The molecule has 0 aliphatic rings. The lowest BCUT2D eigenvalue weighted by molar-refractivity contribution is 0.281. The average Bonchev–Trinajstić information content (AvgIpc) is 2.37. The maximum Gasteiger partial charge on any atom is 0.148 e. The van der Waals surface area contributed by atoms with Crippen molar-refractivity contribution in [1.82, 2.24) is 0 Å². The molecule has 1 rings (SSSR count). The van der Waals surface area contributed by atoms with Gasteiger partial charge in [-0.15, -0.1) is 6.42 Å². The minimum absolute atomic E-state index is 0.0509. The van der Waals surface area contributed by atoms with Gasteiger partial charge < -0.3 is 19.8 Å². The molecule has 0 radical (unpaired) electrons. The van der Waals surface area contributed by atoms with E-state index in [2.05, 4.69) is 5.92 Å². The number of nitrogens with zero attached hydrogens (tertiary/aromatic N) is 1. The summed E-state index contributed by atoms with van der Waals surface area (Å²) in [6.07, 6.45) is 5.09. The van der Waals surface area contributed by atoms with E-state index in [0.29, 0.717) is 18.8 Å². The quantitative estimate of drug-likeness (QED) is 0.675. The second-order valence-corrected chi connectivity index (χ2v) is 3.42. The van der Waals surface area contributed by atoms with Gasteiger partial charge in [0.05, 0.1) is 13.2 Å². The molecule has 2 N–H and O–H groups in total. The first-order valence-corrected chi connectivity index (χ1v) is 5.44. The van der Waals surface area contributed by atoms with Gasteiger partial charge in [-0.25, -0.2) is 0 Å². The minimum Gasteiger partial charge on any atom is -0.481 e. The highest BCUT2D eigenvalue weighted by Gasteiger charge is 2.05. The van der Waals surface area contributed by atoms with Gasteiger partial charge in [-0.05, 0) is 24.3 Å². The van der Waals surface area contributed by atoms with Gasteiger partial charge in [-0.3, -0.25) is 0 Å². The van der Waals surface area contributed by atoms with Gasteiger partial charge in [-0.2, -0.15) is 0 Å². The summed E-state index contributed by atoms with van der Waals surface area (Å²) >= 11 is 0. The highest BCUT2D eigenvalue weighted by Crippen LogP contribution is 2.19. The molecule has 0 aliphatic carbocycles. The van der Waals surface area contributed by atoms with E-state index in [-0.39, 0.29) is 19.8 Å². The molecular weight excluding hydrogens is 218 g/mol. The first kappa shape index (κ1) is 13.4. The Morgan fingerprint density at radius 3 is 2.18 bits per heavy atom. The highest BCUT2D eigenvalue weighted by atomic mass is 16.5. The molecule has 0 heterocycles. The maximum atomic E-state index is 8.93. The van der Waals surface area contributed by atoms with Gasteiger partial charge in [0, 0.05) is 18.8 Å². The number of benzene rings is 1. The standard InChI is InChI=1S/C13H17NO3/c1-2-11-17-13-5-3-12(4-6-13)14(7-9-15)8-10-16/h1,3-6,15-16H,7-11H2. The zero-order valence-electron chi connectivity index (χ0n) is 9.67. The van der Waals surface area contributed by atoms with Gasteiger partial charge in [0.15, 0.2) is 0 Å². The van der Waals surface area contributed by atoms with Crippen molar-refractivity contribution >= 4 is 5.69 Å². The fourth-order valence-corrected chi connectivity index (χ4v) is 1.49. The zero-order valence-corrected chi connectivity index (χ0v) is 9.67. The molecule has 4 heteroatoms. The third-order valence-corrected chi connectivity index (χ3v) is 2.26. The van der Waals surface area contributed by atoms with E-state index in [1.165, 1.54) is 0 Å². The van der Waals surface area contributed by atoms with Crippen LogP contribution in [0.25, 0.3) is 0 Å². The minimum atomic E-state index is 0.0509. The third-order valence-electron chi connectivity index (χ3n) is 2.26. The summed E-state index contributed by atoms with van der Waals surface area (Å²) in [7, 11) is 0. The van der Waals surface area contributed by atoms with Gasteiger partial charge in [0.2, 0.25) is 0 Å². The van der Waals surface area contributed by atoms with E-state index < -0.39 is 0 Å². The van der Waals surface area contributed by atoms with Gasteiger partial charge >= 0.3 is 0 Å². The van der Waals surface area contributed by atoms with E-state index in [0.717, 1.165) is 5.69 Å². The number of anilines is 1. The van der Waals surface area contributed by atoms with E-state index in [1.807, 2.05) is 29.2 Å². The van der Waals surface area contributed by atoms with Crippen molar-refractivity contribution in [3.63, 3.8) is 0 Å². The van der Waals surface area contributed by atoms with Gasteiger partial charge in [0.25, 0.3) is 0 Å². The van der Waals surface area contributed by atoms with Gasteiger partial charge in [-0.1, -0.05) is 5.92 Å². The van der Waals surface area contributed by atoms with Crippen molar-refractivity contribution < 1.29 is 14.9 Å². The molecule has 0 atom stereocenters. The smallest absolute Gasteiger partial charge is 0.148 e. The Morgan fingerprint density at radius 1 is 1.12 bits per heavy atom. The van der Waals surface area contributed by atoms with Crippen LogP contribution in [0.1, 0.15) is 0 Å². The van der Waals surface area contributed by atoms with E-state index in [1.54, 1.807) is 0 Å². The SMILES string of the molecule is C#CCOc1ccc(N(CCO)CCO)cc1. The van der Waals surface area contributed by atoms with E-state index >= 15 is 0 Å². The first-order valence-electron chi connectivity index (χ1n) is 5.44. The molecule has 17 heavy (non-hydrogen) atoms. The fraction of sp³-hybridized carbons (Fsp3) is 0.385. The van der Waals surface area contributed by atoms with Crippen LogP contribution < -0.4 is 9.64 Å². The number of rotatable bonds is 7. The lowest BCUT2D eigenvalue weighted by Crippen LogP contribution is -2.29. The van der Waals surface area contributed by atoms with E-state index in [4.69, 9.17) is 21.4 Å². The largest absolute Gasteiger partial charge is 0.481 e. The number of aliphatic hydroxyl groups excluding tert-OH is 2. The lowest BCUT2D eigenvalue weighted by Gasteiger charge is -2.23. The number of aliphatic hydroxyl groups is 2. The lowest BCUT2D eigenvalue weighted by atomic mass is 10.2. The van der Waals surface area contributed by atoms with Crippen LogP contribution >= 0.6 is 0 Å². The Hall–Kier alpha value is -1.70. The highest BCUT2D eigenvalue weighted by molar-refractivity contribution is 5.49. The van der Waals surface area contributed by atoms with Crippen LogP contribution in [0.5, 0.6) is 5.75 Å². The summed E-state index contributed by atoms with van der Waals surface area (Å²) < 4.78 is 5.26. The summed E-state index contributed by atoms with van der Waals surface area (Å²) in [6.45, 7) is 1.33. The summed E-state index contributed by atoms with van der Waals surface area (Å²) in [5, 5.41) is 17.9. The predicted molar refractivity (Wildman–Crippen MR) is 67.2 cm³/mol. The van der Waals surface area contributed by atoms with Crippen molar-refractivity contribution in [3.05, 3.63) is 24.3 Å². The molecule has 0 saturated carbocycles. The van der Waals surface area contributed by atoms with Crippen LogP contribution in [-0.4, -0.2) is 43.1 Å². The molecule has 0 saturated heterocycles. The Morgan fingerprint density at radius 2 is 1.71 bits per heavy atom. The molecule has 4 nitrogen and oxygen atoms in total. The van der Waals surface area contributed by atoms with E-state index in [9.17, 15) is 0 Å². The van der Waals surface area contributed by atoms with Gasteiger partial charge in [0.1, 0.15) is 12.4 Å². The van der Waals surface area contributed by atoms with Crippen LogP contribution in [0.4, 0.5) is 5.69 Å². The Kier molecular flexibility index (Phi) is 5.94. The fourth-order valence-electron chi connectivity index (χ4n) is 1.49. The van der Waals surface area contributed by atoms with Crippen molar-refractivity contribution in [2.24, 2.45) is 0 Å². The molecule has 1 aromatic carbocycles. The van der Waals surface area contributed by atoms with Crippen LogP contribution in [-0.2, 0) is 0 Å². The first-order chi connectivity index (χ1) is 8.31. The van der Waals surface area contributed by atoms with Crippen molar-refractivity contribution in [1.29, 1.82) is 0 Å². The third kappa shape index (κ3) is 4.35. The topological polar surface area (TPSA) is 52.9 Å². The molecule has 1 aromatic rings. The average molecular weight is 235 g/mol. The molecule has 0 unspecified atom stereocenters. The summed E-state index contributed by atoms with van der Waals surface area (Å²) in [6, 6.07) is 7.37. The van der Waals surface area contributed by atoms with Crippen LogP contribution in [0.2, 0.25) is 0 Å². The Labute approximate surface area is 101 Å². The maximum absolute atomic E-state index is 8.93. The number of ether oxygens (including phenoxy) is 1. The molecule has 0 aromatic heterocycles. The summed E-state index contributed by atoms with van der Waals surface area (Å²) in [5.74, 6) is 3.10. The number of terminal acetylenes is 1. The second-order valence-electron chi connectivity index (χ2n) is 3.42. The molecule has 92 valence electrons. The summed E-state index contributed by atoms with van der Waals surface area (Å²) in [4.78, 5) is 1.89. The van der Waals surface area contributed by atoms with Crippen molar-refractivity contribution in [3.8, 4) is 18.1 Å². The van der Waals surface area contributed by atoms with Crippen molar-refractivity contribution in [2.45, 2.75) is 0 Å². The molecule has 0 spiro atoms. The Balaban J connectivity index is 2.66. The molecule has 0 bridgehead atoms. The molecular formula is C13H17NO3. The van der Waals surface area contributed by atoms with Crippen molar-refractivity contribution in [2.75, 3.05) is 37.8 Å². The summed E-state index contributed by atoms with van der Waals surface area (Å²) in [5.41, 5.74) is 0.932. The van der Waals surface area contributed by atoms with Crippen LogP contribution in [0, 0.1) is 12.3 Å². The molecule has 0 aliphatic heterocycles. The monoisotopic (exact) mass is 235 g/mol. The van der Waals surface area contributed by atoms with Crippen LogP contribution in [0.15, 0.2) is 24.3 Å². The number of hydrogen-bond donors (Lipinski definition) is 2. The molecule has 0 fully saturated rings. The Bertz CT molecular complexity index is 350. The zero-order chi connectivity index (χ0) is 12.5. The number of hydrogen-bond acceptors (Lipinski definition) is 4. The second kappa shape index (κ2) is 7.55. The predicted octanol–water partition coefficient (Wildman–Crippen LogP) is 0.490. The van der Waals surface area contributed by atoms with Crippen LogP contribution in [0.3, 0.4) is 0 Å². The normalized spacial score (nSPS) is 9.71.